The molecule has 2 heterocycles. The lowest BCUT2D eigenvalue weighted by molar-refractivity contribution is -0.139. The lowest BCUT2D eigenvalue weighted by Crippen LogP contribution is -2.39. The van der Waals surface area contributed by atoms with Gasteiger partial charge in [0.25, 0.3) is 5.56 Å². The molecule has 0 aliphatic carbocycles. The van der Waals surface area contributed by atoms with Crippen molar-refractivity contribution in [2.75, 3.05) is 6.61 Å². The maximum atomic E-state index is 14.0. The minimum absolute atomic E-state index is 0.208. The van der Waals surface area contributed by atoms with E-state index in [9.17, 15) is 9.59 Å². The SMILES string of the molecule is CCOC(=O)C1=C(C)N=c2s/c(=C\c3cc(Cl)cc(Cl)c3OCc3ccc(Br)cc3)c(=O)n2[C@@H]1c1ccc(C)cc1. The van der Waals surface area contributed by atoms with Crippen molar-refractivity contribution in [3.05, 3.63) is 128 Å². The van der Waals surface area contributed by atoms with Crippen molar-refractivity contribution in [1.82, 2.24) is 4.57 Å². The molecule has 1 aliphatic heterocycles. The monoisotopic (exact) mass is 670 g/mol. The summed E-state index contributed by atoms with van der Waals surface area (Å²) in [4.78, 5) is 32.2. The van der Waals surface area contributed by atoms with Crippen molar-refractivity contribution in [3.63, 3.8) is 0 Å². The lowest BCUT2D eigenvalue weighted by Gasteiger charge is -2.24. The summed E-state index contributed by atoms with van der Waals surface area (Å²) in [7, 11) is 0. The van der Waals surface area contributed by atoms with Crippen molar-refractivity contribution >= 4 is 62.5 Å². The number of nitrogens with zero attached hydrogens (tertiary/aromatic N) is 2. The highest BCUT2D eigenvalue weighted by Crippen LogP contribution is 2.34. The molecule has 0 amide bonds. The minimum Gasteiger partial charge on any atom is -0.487 e. The number of benzene rings is 3. The fourth-order valence-electron chi connectivity index (χ4n) is 4.57. The highest BCUT2D eigenvalue weighted by molar-refractivity contribution is 9.10. The van der Waals surface area contributed by atoms with Crippen molar-refractivity contribution in [2.45, 2.75) is 33.4 Å². The zero-order valence-electron chi connectivity index (χ0n) is 22.4. The molecule has 210 valence electrons. The average Bonchev–Trinajstić information content (AvgIpc) is 3.23. The second kappa shape index (κ2) is 12.4. The number of aryl methyl sites for hydroxylation is 1. The third-order valence-corrected chi connectivity index (χ3v) is 8.54. The number of hydrogen-bond donors (Lipinski definition) is 0. The summed E-state index contributed by atoms with van der Waals surface area (Å²) in [5, 5.41) is 0.731. The quantitative estimate of drug-likeness (QED) is 0.204. The molecule has 6 nitrogen and oxygen atoms in total. The number of hydrogen-bond acceptors (Lipinski definition) is 6. The van der Waals surface area contributed by atoms with Crippen LogP contribution in [0.15, 0.2) is 86.2 Å². The van der Waals surface area contributed by atoms with Gasteiger partial charge in [-0.2, -0.15) is 0 Å². The van der Waals surface area contributed by atoms with Crippen LogP contribution in [0.3, 0.4) is 0 Å². The van der Waals surface area contributed by atoms with Crippen LogP contribution in [0.5, 0.6) is 5.75 Å². The van der Waals surface area contributed by atoms with Crippen LogP contribution >= 0.6 is 50.5 Å². The van der Waals surface area contributed by atoms with Crippen LogP contribution in [0.1, 0.15) is 42.1 Å². The zero-order chi connectivity index (χ0) is 29.3. The zero-order valence-corrected chi connectivity index (χ0v) is 26.3. The van der Waals surface area contributed by atoms with E-state index in [1.165, 1.54) is 11.3 Å². The van der Waals surface area contributed by atoms with Gasteiger partial charge in [0.1, 0.15) is 12.4 Å². The van der Waals surface area contributed by atoms with E-state index >= 15 is 0 Å². The molecule has 0 N–H and O–H groups in total. The Kier molecular flexibility index (Phi) is 8.85. The van der Waals surface area contributed by atoms with Gasteiger partial charge in [0.2, 0.25) is 0 Å². The standard InChI is InChI=1S/C31H25BrCl2N2O4S/c1-4-39-30(38)26-18(3)35-31-36(27(26)20-9-5-17(2)6-10-20)29(37)25(41-31)14-21-13-23(33)15-24(34)28(21)40-16-19-7-11-22(32)12-8-19/h5-15,27H,4,16H2,1-3H3/b25-14-/t27-/m1/s1. The van der Waals surface area contributed by atoms with Crippen LogP contribution in [-0.2, 0) is 16.1 Å². The number of fused-ring (bicyclic) bond motifs is 1. The van der Waals surface area contributed by atoms with Gasteiger partial charge >= 0.3 is 5.97 Å². The highest BCUT2D eigenvalue weighted by Gasteiger charge is 2.33. The van der Waals surface area contributed by atoms with Gasteiger partial charge in [0.15, 0.2) is 4.80 Å². The predicted molar refractivity (Wildman–Crippen MR) is 167 cm³/mol. The summed E-state index contributed by atoms with van der Waals surface area (Å²) in [5.74, 6) is -0.0952. The van der Waals surface area contributed by atoms with E-state index in [0.29, 0.717) is 42.0 Å². The van der Waals surface area contributed by atoms with E-state index in [2.05, 4.69) is 20.9 Å². The number of allylic oxidation sites excluding steroid dienone is 1. The van der Waals surface area contributed by atoms with Gasteiger partial charge in [0.05, 0.1) is 33.5 Å². The van der Waals surface area contributed by atoms with Crippen LogP contribution in [0.25, 0.3) is 6.08 Å². The van der Waals surface area contributed by atoms with E-state index < -0.39 is 12.0 Å². The number of esters is 1. The molecule has 0 spiro atoms. The fraction of sp³-hybridized carbons (Fsp3) is 0.194. The van der Waals surface area contributed by atoms with E-state index in [4.69, 9.17) is 32.7 Å². The van der Waals surface area contributed by atoms with Crippen LogP contribution in [0, 0.1) is 6.92 Å². The topological polar surface area (TPSA) is 69.9 Å². The smallest absolute Gasteiger partial charge is 0.338 e. The first-order chi connectivity index (χ1) is 19.7. The molecule has 1 aliphatic rings. The highest BCUT2D eigenvalue weighted by atomic mass is 79.9. The molecule has 0 radical (unpaired) electrons. The molecule has 0 saturated heterocycles. The van der Waals surface area contributed by atoms with Gasteiger partial charge in [-0.05, 0) is 62.2 Å². The van der Waals surface area contributed by atoms with Gasteiger partial charge in [-0.1, -0.05) is 92.4 Å². The molecule has 3 aromatic carbocycles. The number of aromatic nitrogens is 1. The molecule has 1 atom stereocenters. The first-order valence-corrected chi connectivity index (χ1v) is 15.1. The summed E-state index contributed by atoms with van der Waals surface area (Å²) < 4.78 is 14.4. The number of rotatable bonds is 7. The van der Waals surface area contributed by atoms with Gasteiger partial charge in [-0.15, -0.1) is 0 Å². The molecular weight excluding hydrogens is 647 g/mol. The Hall–Kier alpha value is -3.17. The first kappa shape index (κ1) is 29.3. The van der Waals surface area contributed by atoms with Gasteiger partial charge in [-0.25, -0.2) is 9.79 Å². The van der Waals surface area contributed by atoms with Gasteiger partial charge in [0, 0.05) is 15.1 Å². The van der Waals surface area contributed by atoms with Crippen molar-refractivity contribution in [1.29, 1.82) is 0 Å². The maximum absolute atomic E-state index is 14.0. The van der Waals surface area contributed by atoms with E-state index in [-0.39, 0.29) is 18.8 Å². The van der Waals surface area contributed by atoms with Gasteiger partial charge in [-0.3, -0.25) is 9.36 Å². The molecule has 4 aromatic rings. The number of carbonyl (C=O) groups excluding carboxylic acids is 1. The largest absolute Gasteiger partial charge is 0.487 e. The van der Waals surface area contributed by atoms with Crippen molar-refractivity contribution in [3.8, 4) is 5.75 Å². The summed E-state index contributed by atoms with van der Waals surface area (Å²) in [5.41, 5.74) is 3.88. The van der Waals surface area contributed by atoms with E-state index in [1.54, 1.807) is 36.6 Å². The molecule has 10 heteroatoms. The van der Waals surface area contributed by atoms with Crippen LogP contribution < -0.4 is 19.6 Å². The lowest BCUT2D eigenvalue weighted by atomic mass is 9.95. The third-order valence-electron chi connectivity index (χ3n) is 6.53. The first-order valence-electron chi connectivity index (χ1n) is 12.8. The molecule has 41 heavy (non-hydrogen) atoms. The Morgan fingerprint density at radius 2 is 1.80 bits per heavy atom. The Bertz CT molecular complexity index is 1850. The van der Waals surface area contributed by atoms with E-state index in [1.807, 2.05) is 55.5 Å². The Balaban J connectivity index is 1.64. The fourth-order valence-corrected chi connectivity index (χ4v) is 6.44. The minimum atomic E-state index is -0.691. The summed E-state index contributed by atoms with van der Waals surface area (Å²) in [6.45, 7) is 5.96. The second-order valence-corrected chi connectivity index (χ2v) is 12.2. The normalized spacial score (nSPS) is 15.0. The van der Waals surface area contributed by atoms with Crippen LogP contribution in [-0.4, -0.2) is 17.1 Å². The van der Waals surface area contributed by atoms with Crippen LogP contribution in [0.2, 0.25) is 10.0 Å². The molecule has 5 rings (SSSR count). The van der Waals surface area contributed by atoms with Crippen molar-refractivity contribution < 1.29 is 14.3 Å². The Labute approximate surface area is 259 Å². The number of halogens is 3. The number of ether oxygens (including phenoxy) is 2. The average molecular weight is 672 g/mol. The molecule has 0 fully saturated rings. The molecule has 0 bridgehead atoms. The molecule has 1 aromatic heterocycles. The summed E-state index contributed by atoms with van der Waals surface area (Å²) in [6.07, 6.45) is 1.70. The summed E-state index contributed by atoms with van der Waals surface area (Å²) >= 11 is 17.6. The third kappa shape index (κ3) is 6.21. The number of thiazole rings is 1. The second-order valence-electron chi connectivity index (χ2n) is 9.43. The van der Waals surface area contributed by atoms with Gasteiger partial charge < -0.3 is 9.47 Å². The molecule has 0 saturated carbocycles. The Morgan fingerprint density at radius 3 is 2.49 bits per heavy atom. The number of carbonyl (C=O) groups is 1. The van der Waals surface area contributed by atoms with Crippen molar-refractivity contribution in [2.24, 2.45) is 4.99 Å². The van der Waals surface area contributed by atoms with E-state index in [0.717, 1.165) is 21.2 Å². The Morgan fingerprint density at radius 1 is 1.10 bits per heavy atom. The molecular formula is C31H25BrCl2N2O4S. The van der Waals surface area contributed by atoms with Crippen LogP contribution in [0.4, 0.5) is 0 Å². The summed E-state index contributed by atoms with van der Waals surface area (Å²) in [6, 6.07) is 18.1. The maximum Gasteiger partial charge on any atom is 0.338 e. The predicted octanol–water partition coefficient (Wildman–Crippen LogP) is 6.76. The molecule has 0 unspecified atom stereocenters.